The average Bonchev–Trinajstić information content (AvgIpc) is 2.89. The van der Waals surface area contributed by atoms with Crippen molar-refractivity contribution in [1.82, 2.24) is 4.90 Å². The number of hydrogen-bond acceptors (Lipinski definition) is 5. The van der Waals surface area contributed by atoms with Crippen molar-refractivity contribution in [3.8, 4) is 11.5 Å². The molecule has 0 atom stereocenters. The minimum atomic E-state index is -0.132. The number of hydrogen-bond donors (Lipinski definition) is 0. The average molecular weight is 454 g/mol. The second-order valence-corrected chi connectivity index (χ2v) is 8.44. The molecule has 0 aliphatic carbocycles. The largest absolute Gasteiger partial charge is 0.490 e. The molecule has 0 aromatic heterocycles. The first-order valence-electron chi connectivity index (χ1n) is 8.44. The van der Waals surface area contributed by atoms with E-state index in [9.17, 15) is 4.79 Å². The van der Waals surface area contributed by atoms with Crippen LogP contribution in [0.2, 0.25) is 10.0 Å². The molecule has 0 N–H and O–H groups in total. The fourth-order valence-corrected chi connectivity index (χ4v) is 4.09. The molecule has 0 radical (unpaired) electrons. The standard InChI is InChI=1S/C20H17Cl2NO3S2/c1-3-25-16-9-13(10-17-19(24)23(2)20(27)28-17)8-15(22)18(16)26-11-12-4-6-14(21)7-5-12/h4-10H,3,11H2,1-2H3/b17-10+. The lowest BCUT2D eigenvalue weighted by Gasteiger charge is -2.15. The molecule has 146 valence electrons. The minimum absolute atomic E-state index is 0.132. The normalized spacial score (nSPS) is 15.4. The van der Waals surface area contributed by atoms with E-state index in [2.05, 4.69) is 0 Å². The quantitative estimate of drug-likeness (QED) is 0.407. The molecular formula is C20H17Cl2NO3S2. The number of thioether (sulfide) groups is 1. The summed E-state index contributed by atoms with van der Waals surface area (Å²) in [6.45, 7) is 2.66. The third-order valence-corrected chi connectivity index (χ3v) is 5.93. The van der Waals surface area contributed by atoms with E-state index in [4.69, 9.17) is 44.9 Å². The van der Waals surface area contributed by atoms with Crippen LogP contribution in [0.4, 0.5) is 0 Å². The van der Waals surface area contributed by atoms with Crippen molar-refractivity contribution < 1.29 is 14.3 Å². The van der Waals surface area contributed by atoms with Crippen molar-refractivity contribution >= 4 is 63.5 Å². The zero-order valence-electron chi connectivity index (χ0n) is 15.2. The summed E-state index contributed by atoms with van der Waals surface area (Å²) in [5, 5.41) is 1.07. The molecule has 1 fully saturated rings. The molecule has 1 saturated heterocycles. The van der Waals surface area contributed by atoms with Crippen LogP contribution in [0.25, 0.3) is 6.08 Å². The molecule has 1 aliphatic rings. The molecule has 2 aromatic carbocycles. The summed E-state index contributed by atoms with van der Waals surface area (Å²) >= 11 is 18.8. The van der Waals surface area contributed by atoms with Crippen molar-refractivity contribution in [1.29, 1.82) is 0 Å². The Morgan fingerprint density at radius 1 is 1.18 bits per heavy atom. The van der Waals surface area contributed by atoms with Crippen LogP contribution < -0.4 is 9.47 Å². The third kappa shape index (κ3) is 4.81. The molecule has 0 saturated carbocycles. The zero-order chi connectivity index (χ0) is 20.3. The summed E-state index contributed by atoms with van der Waals surface area (Å²) in [6.07, 6.45) is 1.75. The lowest BCUT2D eigenvalue weighted by molar-refractivity contribution is -0.121. The van der Waals surface area contributed by atoms with Crippen LogP contribution in [-0.4, -0.2) is 28.8 Å². The monoisotopic (exact) mass is 453 g/mol. The summed E-state index contributed by atoms with van der Waals surface area (Å²) in [6, 6.07) is 10.9. The maximum absolute atomic E-state index is 12.2. The second kappa shape index (κ2) is 9.18. The molecule has 2 aromatic rings. The van der Waals surface area contributed by atoms with Gasteiger partial charge in [0, 0.05) is 12.1 Å². The number of carbonyl (C=O) groups excluding carboxylic acids is 1. The Balaban J connectivity index is 1.86. The summed E-state index contributed by atoms with van der Waals surface area (Å²) in [4.78, 5) is 14.2. The molecule has 1 heterocycles. The van der Waals surface area contributed by atoms with Crippen molar-refractivity contribution in [3.05, 3.63) is 62.5 Å². The van der Waals surface area contributed by atoms with Gasteiger partial charge in [-0.05, 0) is 48.4 Å². The van der Waals surface area contributed by atoms with Crippen LogP contribution in [0.3, 0.4) is 0 Å². The van der Waals surface area contributed by atoms with Crippen LogP contribution in [-0.2, 0) is 11.4 Å². The lowest BCUT2D eigenvalue weighted by atomic mass is 10.1. The summed E-state index contributed by atoms with van der Waals surface area (Å²) < 4.78 is 12.1. The van der Waals surface area contributed by atoms with E-state index in [1.165, 1.54) is 16.7 Å². The fraction of sp³-hybridized carbons (Fsp3) is 0.200. The number of thiocarbonyl (C=S) groups is 1. The first-order valence-corrected chi connectivity index (χ1v) is 10.4. The van der Waals surface area contributed by atoms with Crippen LogP contribution in [0.5, 0.6) is 11.5 Å². The van der Waals surface area contributed by atoms with Crippen molar-refractivity contribution in [3.63, 3.8) is 0 Å². The molecule has 0 bridgehead atoms. The number of rotatable bonds is 6. The van der Waals surface area contributed by atoms with Gasteiger partial charge in [0.2, 0.25) is 0 Å². The number of benzene rings is 2. The highest BCUT2D eigenvalue weighted by Crippen LogP contribution is 2.39. The van der Waals surface area contributed by atoms with E-state index < -0.39 is 0 Å². The van der Waals surface area contributed by atoms with Crippen LogP contribution >= 0.6 is 47.2 Å². The van der Waals surface area contributed by atoms with Gasteiger partial charge >= 0.3 is 0 Å². The van der Waals surface area contributed by atoms with Gasteiger partial charge in [0.1, 0.15) is 10.9 Å². The minimum Gasteiger partial charge on any atom is -0.490 e. The van der Waals surface area contributed by atoms with E-state index in [0.717, 1.165) is 11.1 Å². The third-order valence-electron chi connectivity index (χ3n) is 3.91. The van der Waals surface area contributed by atoms with Crippen LogP contribution in [0, 0.1) is 0 Å². The van der Waals surface area contributed by atoms with E-state index in [1.807, 2.05) is 19.1 Å². The van der Waals surface area contributed by atoms with Crippen LogP contribution in [0.1, 0.15) is 18.1 Å². The number of ether oxygens (including phenoxy) is 2. The summed E-state index contributed by atoms with van der Waals surface area (Å²) in [7, 11) is 1.66. The van der Waals surface area contributed by atoms with Gasteiger partial charge in [0.05, 0.1) is 16.5 Å². The predicted octanol–water partition coefficient (Wildman–Crippen LogP) is 5.80. The lowest BCUT2D eigenvalue weighted by Crippen LogP contribution is -2.22. The van der Waals surface area contributed by atoms with Crippen molar-refractivity contribution in [2.75, 3.05) is 13.7 Å². The number of halogens is 2. The van der Waals surface area contributed by atoms with Gasteiger partial charge in [0.25, 0.3) is 5.91 Å². The highest BCUT2D eigenvalue weighted by molar-refractivity contribution is 8.26. The Morgan fingerprint density at radius 2 is 1.89 bits per heavy atom. The van der Waals surface area contributed by atoms with Gasteiger partial charge in [-0.1, -0.05) is 59.3 Å². The number of carbonyl (C=O) groups is 1. The highest BCUT2D eigenvalue weighted by Gasteiger charge is 2.28. The first kappa shape index (κ1) is 21.0. The SMILES string of the molecule is CCOc1cc(/C=C2/SC(=S)N(C)C2=O)cc(Cl)c1OCc1ccc(Cl)cc1. The Bertz CT molecular complexity index is 945. The molecule has 3 rings (SSSR count). The van der Waals surface area contributed by atoms with E-state index >= 15 is 0 Å². The van der Waals surface area contributed by atoms with Crippen molar-refractivity contribution in [2.45, 2.75) is 13.5 Å². The van der Waals surface area contributed by atoms with Crippen LogP contribution in [0.15, 0.2) is 41.3 Å². The first-order chi connectivity index (χ1) is 13.4. The number of amides is 1. The molecule has 1 aliphatic heterocycles. The van der Waals surface area contributed by atoms with Gasteiger partial charge in [-0.2, -0.15) is 0 Å². The number of nitrogens with zero attached hydrogens (tertiary/aromatic N) is 1. The van der Waals surface area contributed by atoms with Gasteiger partial charge < -0.3 is 9.47 Å². The second-order valence-electron chi connectivity index (χ2n) is 5.92. The molecule has 0 spiro atoms. The maximum atomic E-state index is 12.2. The molecule has 28 heavy (non-hydrogen) atoms. The Kier molecular flexibility index (Phi) is 6.88. The maximum Gasteiger partial charge on any atom is 0.265 e. The van der Waals surface area contributed by atoms with Crippen molar-refractivity contribution in [2.24, 2.45) is 0 Å². The molecule has 8 heteroatoms. The van der Waals surface area contributed by atoms with Gasteiger partial charge in [-0.15, -0.1) is 0 Å². The summed E-state index contributed by atoms with van der Waals surface area (Å²) in [5.41, 5.74) is 1.69. The molecule has 1 amide bonds. The fourth-order valence-electron chi connectivity index (χ4n) is 2.51. The summed E-state index contributed by atoms with van der Waals surface area (Å²) in [5.74, 6) is 0.841. The van der Waals surface area contributed by atoms with E-state index in [1.54, 1.807) is 37.4 Å². The Labute approximate surface area is 183 Å². The van der Waals surface area contributed by atoms with Gasteiger partial charge in [-0.3, -0.25) is 9.69 Å². The highest BCUT2D eigenvalue weighted by atomic mass is 35.5. The molecular weight excluding hydrogens is 437 g/mol. The zero-order valence-corrected chi connectivity index (χ0v) is 18.3. The Morgan fingerprint density at radius 3 is 2.50 bits per heavy atom. The number of likely N-dealkylation sites (N-methyl/N-ethyl adjacent to an activating group) is 1. The molecule has 4 nitrogen and oxygen atoms in total. The van der Waals surface area contributed by atoms with E-state index in [-0.39, 0.29) is 5.91 Å². The van der Waals surface area contributed by atoms with Gasteiger partial charge in [-0.25, -0.2) is 0 Å². The Hall–Kier alpha value is -1.73. The smallest absolute Gasteiger partial charge is 0.265 e. The van der Waals surface area contributed by atoms with E-state index in [0.29, 0.717) is 44.0 Å². The molecule has 0 unspecified atom stereocenters. The van der Waals surface area contributed by atoms with Gasteiger partial charge in [0.15, 0.2) is 11.5 Å². The topological polar surface area (TPSA) is 38.8 Å². The predicted molar refractivity (Wildman–Crippen MR) is 119 cm³/mol.